The zero-order valence-corrected chi connectivity index (χ0v) is 11.5. The van der Waals surface area contributed by atoms with Crippen LogP contribution in [-0.4, -0.2) is 26.7 Å². The van der Waals surface area contributed by atoms with E-state index in [4.69, 9.17) is 4.74 Å². The minimum absolute atomic E-state index is 0.504. The second-order valence-corrected chi connectivity index (χ2v) is 4.80. The van der Waals surface area contributed by atoms with E-state index in [1.54, 1.807) is 17.8 Å². The van der Waals surface area contributed by atoms with Crippen molar-refractivity contribution in [1.82, 2.24) is 15.0 Å². The maximum Gasteiger partial charge on any atom is 0.119 e. The molecule has 18 heavy (non-hydrogen) atoms. The summed E-state index contributed by atoms with van der Waals surface area (Å²) in [5, 5.41) is 17.1. The predicted molar refractivity (Wildman–Crippen MR) is 70.3 cm³/mol. The van der Waals surface area contributed by atoms with Crippen LogP contribution in [0, 0.1) is 0 Å². The van der Waals surface area contributed by atoms with Crippen LogP contribution in [0.25, 0.3) is 0 Å². The first-order chi connectivity index (χ1) is 8.65. The molecule has 1 aromatic carbocycles. The van der Waals surface area contributed by atoms with Gasteiger partial charge in [0.15, 0.2) is 0 Å². The van der Waals surface area contributed by atoms with Crippen LogP contribution < -0.4 is 4.74 Å². The Hall–Kier alpha value is -1.40. The van der Waals surface area contributed by atoms with E-state index in [2.05, 4.69) is 26.2 Å². The maximum absolute atomic E-state index is 9.31. The van der Waals surface area contributed by atoms with E-state index in [1.807, 2.05) is 24.3 Å². The molecule has 0 bridgehead atoms. The number of hydrogen-bond acceptors (Lipinski definition) is 4. The van der Waals surface area contributed by atoms with Gasteiger partial charge in [-0.1, -0.05) is 21.1 Å². The van der Waals surface area contributed by atoms with Crippen LogP contribution in [-0.2, 0) is 6.54 Å². The Morgan fingerprint density at radius 2 is 2.11 bits per heavy atom. The van der Waals surface area contributed by atoms with Crippen molar-refractivity contribution in [2.24, 2.45) is 0 Å². The predicted octanol–water partition coefficient (Wildman–Crippen LogP) is 2.17. The van der Waals surface area contributed by atoms with Crippen molar-refractivity contribution in [1.29, 1.82) is 0 Å². The van der Waals surface area contributed by atoms with E-state index < -0.39 is 6.10 Å². The lowest BCUT2D eigenvalue weighted by atomic mass is 10.3. The number of aliphatic hydroxyl groups is 1. The van der Waals surface area contributed by atoms with E-state index in [0.717, 1.165) is 10.2 Å². The molecule has 0 saturated heterocycles. The minimum atomic E-state index is -0.592. The van der Waals surface area contributed by atoms with Gasteiger partial charge < -0.3 is 9.84 Å². The number of halogens is 1. The van der Waals surface area contributed by atoms with Gasteiger partial charge in [0.05, 0.1) is 18.8 Å². The van der Waals surface area contributed by atoms with Crippen LogP contribution in [0.2, 0.25) is 0 Å². The van der Waals surface area contributed by atoms with Gasteiger partial charge in [-0.2, -0.15) is 0 Å². The fourth-order valence-corrected chi connectivity index (χ4v) is 1.67. The highest BCUT2D eigenvalue weighted by atomic mass is 79.9. The zero-order valence-electron chi connectivity index (χ0n) is 9.95. The number of aromatic nitrogens is 3. The second-order valence-electron chi connectivity index (χ2n) is 3.88. The van der Waals surface area contributed by atoms with Gasteiger partial charge in [0, 0.05) is 4.47 Å². The lowest BCUT2D eigenvalue weighted by molar-refractivity contribution is 0.194. The van der Waals surface area contributed by atoms with Crippen molar-refractivity contribution in [3.63, 3.8) is 0 Å². The van der Waals surface area contributed by atoms with Gasteiger partial charge in [-0.25, -0.2) is 4.68 Å². The number of aliphatic hydroxyl groups excluding tert-OH is 1. The third kappa shape index (κ3) is 3.54. The van der Waals surface area contributed by atoms with Crippen molar-refractivity contribution >= 4 is 15.9 Å². The lowest BCUT2D eigenvalue weighted by Crippen LogP contribution is -2.08. The SMILES string of the molecule is CC(O)c1cn(CCOc2ccc(Br)cc2)nn1. The molecule has 0 aliphatic carbocycles. The topological polar surface area (TPSA) is 60.2 Å². The molecule has 0 aliphatic heterocycles. The van der Waals surface area contributed by atoms with Crippen molar-refractivity contribution in [2.45, 2.75) is 19.6 Å². The average molecular weight is 312 g/mol. The first-order valence-electron chi connectivity index (χ1n) is 5.61. The summed E-state index contributed by atoms with van der Waals surface area (Å²) in [6.45, 7) is 2.76. The van der Waals surface area contributed by atoms with Gasteiger partial charge in [0.1, 0.15) is 18.1 Å². The fraction of sp³-hybridized carbons (Fsp3) is 0.333. The average Bonchev–Trinajstić information content (AvgIpc) is 2.81. The summed E-state index contributed by atoms with van der Waals surface area (Å²) in [7, 11) is 0. The second kappa shape index (κ2) is 5.97. The molecule has 1 N–H and O–H groups in total. The first-order valence-corrected chi connectivity index (χ1v) is 6.41. The minimum Gasteiger partial charge on any atom is -0.492 e. The smallest absolute Gasteiger partial charge is 0.119 e. The van der Waals surface area contributed by atoms with Crippen LogP contribution >= 0.6 is 15.9 Å². The van der Waals surface area contributed by atoms with Gasteiger partial charge in [-0.15, -0.1) is 5.10 Å². The highest BCUT2D eigenvalue weighted by Gasteiger charge is 2.05. The van der Waals surface area contributed by atoms with Crippen LogP contribution in [0.3, 0.4) is 0 Å². The molecule has 1 unspecified atom stereocenters. The Morgan fingerprint density at radius 3 is 2.72 bits per heavy atom. The largest absolute Gasteiger partial charge is 0.492 e. The standard InChI is InChI=1S/C12H14BrN3O2/c1-9(17)12-8-16(15-14-12)6-7-18-11-4-2-10(13)3-5-11/h2-5,8-9,17H,6-7H2,1H3. The number of hydrogen-bond donors (Lipinski definition) is 1. The third-order valence-electron chi connectivity index (χ3n) is 2.39. The quantitative estimate of drug-likeness (QED) is 0.919. The molecule has 6 heteroatoms. The summed E-state index contributed by atoms with van der Waals surface area (Å²) >= 11 is 3.36. The van der Waals surface area contributed by atoms with E-state index in [0.29, 0.717) is 18.8 Å². The molecule has 0 saturated carbocycles. The Labute approximate surface area is 114 Å². The number of ether oxygens (including phenoxy) is 1. The van der Waals surface area contributed by atoms with Crippen LogP contribution in [0.4, 0.5) is 0 Å². The van der Waals surface area contributed by atoms with Gasteiger partial charge in [-0.3, -0.25) is 0 Å². The Kier molecular flexibility index (Phi) is 4.33. The highest BCUT2D eigenvalue weighted by molar-refractivity contribution is 9.10. The summed E-state index contributed by atoms with van der Waals surface area (Å²) in [5.41, 5.74) is 0.568. The fourth-order valence-electron chi connectivity index (χ4n) is 1.40. The summed E-state index contributed by atoms with van der Waals surface area (Å²) in [6, 6.07) is 7.64. The molecule has 0 fully saturated rings. The molecule has 0 aliphatic rings. The van der Waals surface area contributed by atoms with Crippen molar-refractivity contribution in [3.8, 4) is 5.75 Å². The molecule has 1 atom stereocenters. The van der Waals surface area contributed by atoms with E-state index in [-0.39, 0.29) is 0 Å². The first kappa shape index (κ1) is 13.0. The van der Waals surface area contributed by atoms with Crippen molar-refractivity contribution < 1.29 is 9.84 Å². The molecule has 2 aromatic rings. The van der Waals surface area contributed by atoms with Gasteiger partial charge in [0.2, 0.25) is 0 Å². The number of nitrogens with zero attached hydrogens (tertiary/aromatic N) is 3. The normalized spacial score (nSPS) is 12.4. The van der Waals surface area contributed by atoms with Crippen molar-refractivity contribution in [2.75, 3.05) is 6.61 Å². The Bertz CT molecular complexity index is 496. The zero-order chi connectivity index (χ0) is 13.0. The van der Waals surface area contributed by atoms with Crippen LogP contribution in [0.15, 0.2) is 34.9 Å². The summed E-state index contributed by atoms with van der Waals surface area (Å²) in [5.74, 6) is 0.814. The summed E-state index contributed by atoms with van der Waals surface area (Å²) in [6.07, 6.45) is 1.13. The Balaban J connectivity index is 1.82. The van der Waals surface area contributed by atoms with E-state index in [9.17, 15) is 5.11 Å². The molecule has 96 valence electrons. The van der Waals surface area contributed by atoms with Crippen LogP contribution in [0.5, 0.6) is 5.75 Å². The van der Waals surface area contributed by atoms with Gasteiger partial charge in [-0.05, 0) is 31.2 Å². The molecular weight excluding hydrogens is 298 g/mol. The monoisotopic (exact) mass is 311 g/mol. The molecule has 1 aromatic heterocycles. The summed E-state index contributed by atoms with van der Waals surface area (Å²) < 4.78 is 8.24. The van der Waals surface area contributed by atoms with Gasteiger partial charge in [0.25, 0.3) is 0 Å². The third-order valence-corrected chi connectivity index (χ3v) is 2.92. The Morgan fingerprint density at radius 1 is 1.39 bits per heavy atom. The molecule has 1 heterocycles. The van der Waals surface area contributed by atoms with E-state index in [1.165, 1.54) is 0 Å². The molecule has 0 spiro atoms. The van der Waals surface area contributed by atoms with Crippen LogP contribution in [0.1, 0.15) is 18.7 Å². The summed E-state index contributed by atoms with van der Waals surface area (Å²) in [4.78, 5) is 0. The van der Waals surface area contributed by atoms with E-state index >= 15 is 0 Å². The highest BCUT2D eigenvalue weighted by Crippen LogP contribution is 2.16. The molecule has 5 nitrogen and oxygen atoms in total. The van der Waals surface area contributed by atoms with Crippen molar-refractivity contribution in [3.05, 3.63) is 40.6 Å². The molecule has 0 radical (unpaired) electrons. The van der Waals surface area contributed by atoms with Gasteiger partial charge >= 0.3 is 0 Å². The molecular formula is C12H14BrN3O2. The lowest BCUT2D eigenvalue weighted by Gasteiger charge is -2.05. The number of rotatable bonds is 5. The number of benzene rings is 1. The molecule has 2 rings (SSSR count). The molecule has 0 amide bonds. The maximum atomic E-state index is 9.31.